The fraction of sp³-hybridized carbons (Fsp3) is 0.250. The maximum atomic E-state index is 14.5. The van der Waals surface area contributed by atoms with Gasteiger partial charge in [0.15, 0.2) is 0 Å². The lowest BCUT2D eigenvalue weighted by Gasteiger charge is -2.26. The van der Waals surface area contributed by atoms with Crippen LogP contribution in [0, 0.1) is 12.7 Å². The van der Waals surface area contributed by atoms with E-state index in [0.29, 0.717) is 11.3 Å². The number of carboxylic acids is 1. The molecule has 1 aliphatic heterocycles. The largest absolute Gasteiger partial charge is 0.497 e. The summed E-state index contributed by atoms with van der Waals surface area (Å²) in [6.07, 6.45) is 3.41. The van der Waals surface area contributed by atoms with Crippen LogP contribution in [0.3, 0.4) is 0 Å². The van der Waals surface area contributed by atoms with E-state index in [-0.39, 0.29) is 24.2 Å². The van der Waals surface area contributed by atoms with E-state index in [4.69, 9.17) is 4.74 Å². The summed E-state index contributed by atoms with van der Waals surface area (Å²) in [7, 11) is 1.57. The molecule has 194 valence electrons. The lowest BCUT2D eigenvalue weighted by molar-refractivity contribution is -0.137. The van der Waals surface area contributed by atoms with Crippen molar-refractivity contribution in [1.29, 1.82) is 0 Å². The van der Waals surface area contributed by atoms with E-state index in [1.165, 1.54) is 11.6 Å². The minimum absolute atomic E-state index is 0.0721. The number of aliphatic carboxylic acids is 1. The van der Waals surface area contributed by atoms with Crippen molar-refractivity contribution in [1.82, 2.24) is 4.98 Å². The van der Waals surface area contributed by atoms with Crippen molar-refractivity contribution in [2.45, 2.75) is 38.1 Å². The zero-order valence-corrected chi connectivity index (χ0v) is 21.6. The van der Waals surface area contributed by atoms with Gasteiger partial charge in [0.1, 0.15) is 11.6 Å². The Morgan fingerprint density at radius 3 is 2.58 bits per heavy atom. The summed E-state index contributed by atoms with van der Waals surface area (Å²) >= 11 is 0. The molecule has 5 nitrogen and oxygen atoms in total. The third kappa shape index (κ3) is 5.54. The van der Waals surface area contributed by atoms with Crippen molar-refractivity contribution >= 4 is 11.7 Å². The molecule has 0 amide bonds. The highest BCUT2D eigenvalue weighted by Crippen LogP contribution is 2.36. The van der Waals surface area contributed by atoms with Crippen molar-refractivity contribution in [2.24, 2.45) is 0 Å². The number of carbonyl (C=O) groups is 1. The summed E-state index contributed by atoms with van der Waals surface area (Å²) in [6, 6.07) is 25.0. The van der Waals surface area contributed by atoms with Crippen LogP contribution in [-0.2, 0) is 11.2 Å². The second-order valence-electron chi connectivity index (χ2n) is 9.92. The third-order valence-corrected chi connectivity index (χ3v) is 7.42. The summed E-state index contributed by atoms with van der Waals surface area (Å²) < 4.78 is 19.7. The molecule has 38 heavy (non-hydrogen) atoms. The van der Waals surface area contributed by atoms with Gasteiger partial charge in [0.05, 0.1) is 13.5 Å². The highest BCUT2D eigenvalue weighted by atomic mass is 19.1. The first kappa shape index (κ1) is 25.5. The Morgan fingerprint density at radius 1 is 1.08 bits per heavy atom. The summed E-state index contributed by atoms with van der Waals surface area (Å²) in [5.74, 6) is -0.234. The standard InChI is InChI=1S/C32H31FN2O3/c1-21-15-24(29-19-28(38-2)12-13-30(29)33)9-8-23(21)16-22-6-10-26(11-7-22)35-20-25(17-27(35)18-32(36)37)31-5-3-4-14-34-31/h3-15,19,25,27H,16-18,20H2,1-2H3,(H,36,37)/t25-,27+/m0/s1. The monoisotopic (exact) mass is 510 g/mol. The second-order valence-corrected chi connectivity index (χ2v) is 9.92. The topological polar surface area (TPSA) is 62.7 Å². The van der Waals surface area contributed by atoms with Crippen LogP contribution in [0.1, 0.15) is 41.1 Å². The van der Waals surface area contributed by atoms with E-state index in [0.717, 1.165) is 47.5 Å². The number of carboxylic acid groups (broad SMARTS) is 1. The van der Waals surface area contributed by atoms with E-state index in [9.17, 15) is 14.3 Å². The normalized spacial score (nSPS) is 17.0. The number of anilines is 1. The molecular weight excluding hydrogens is 479 g/mol. The van der Waals surface area contributed by atoms with Gasteiger partial charge in [-0.3, -0.25) is 9.78 Å². The first-order chi connectivity index (χ1) is 18.4. The van der Waals surface area contributed by atoms with E-state index in [2.05, 4.69) is 40.2 Å². The Hall–Kier alpha value is -4.19. The van der Waals surface area contributed by atoms with Crippen LogP contribution in [0.2, 0.25) is 0 Å². The number of aryl methyl sites for hydroxylation is 1. The molecule has 0 unspecified atom stereocenters. The van der Waals surface area contributed by atoms with Crippen molar-refractivity contribution in [3.8, 4) is 16.9 Å². The quantitative estimate of drug-likeness (QED) is 0.288. The van der Waals surface area contributed by atoms with Gasteiger partial charge < -0.3 is 14.7 Å². The van der Waals surface area contributed by atoms with Gasteiger partial charge in [-0.05, 0) is 84.5 Å². The number of ether oxygens (including phenoxy) is 1. The molecule has 1 aliphatic rings. The van der Waals surface area contributed by atoms with Gasteiger partial charge in [-0.15, -0.1) is 0 Å². The molecule has 2 atom stereocenters. The molecule has 1 fully saturated rings. The fourth-order valence-corrected chi connectivity index (χ4v) is 5.40. The van der Waals surface area contributed by atoms with Crippen molar-refractivity contribution in [3.63, 3.8) is 0 Å². The molecule has 4 aromatic rings. The van der Waals surface area contributed by atoms with Gasteiger partial charge in [0.2, 0.25) is 0 Å². The van der Waals surface area contributed by atoms with Crippen LogP contribution in [0.5, 0.6) is 5.75 Å². The van der Waals surface area contributed by atoms with Gasteiger partial charge in [0, 0.05) is 41.6 Å². The van der Waals surface area contributed by atoms with Crippen molar-refractivity contribution in [2.75, 3.05) is 18.6 Å². The van der Waals surface area contributed by atoms with Crippen LogP contribution >= 0.6 is 0 Å². The summed E-state index contributed by atoms with van der Waals surface area (Å²) in [5.41, 5.74) is 6.80. The zero-order chi connectivity index (χ0) is 26.6. The number of rotatable bonds is 8. The van der Waals surface area contributed by atoms with Crippen LogP contribution in [0.4, 0.5) is 10.1 Å². The van der Waals surface area contributed by atoms with E-state index in [1.807, 2.05) is 37.3 Å². The molecule has 0 bridgehead atoms. The predicted octanol–water partition coefficient (Wildman–Crippen LogP) is 6.63. The minimum Gasteiger partial charge on any atom is -0.497 e. The molecule has 1 N–H and O–H groups in total. The van der Waals surface area contributed by atoms with E-state index >= 15 is 0 Å². The Kier molecular flexibility index (Phi) is 7.40. The lowest BCUT2D eigenvalue weighted by atomic mass is 9.95. The molecule has 1 aromatic heterocycles. The lowest BCUT2D eigenvalue weighted by Crippen LogP contribution is -2.31. The third-order valence-electron chi connectivity index (χ3n) is 7.42. The molecule has 6 heteroatoms. The Balaban J connectivity index is 1.32. The SMILES string of the molecule is COc1ccc(F)c(-c2ccc(Cc3ccc(N4C[C@@H](c5ccccn5)C[C@@H]4CC(=O)O)cc3)c(C)c2)c1. The summed E-state index contributed by atoms with van der Waals surface area (Å²) in [6.45, 7) is 2.79. The van der Waals surface area contributed by atoms with Gasteiger partial charge in [-0.25, -0.2) is 4.39 Å². The molecule has 1 saturated heterocycles. The van der Waals surface area contributed by atoms with Crippen LogP contribution in [-0.4, -0.2) is 35.8 Å². The van der Waals surface area contributed by atoms with Crippen molar-refractivity contribution < 1.29 is 19.0 Å². The van der Waals surface area contributed by atoms with E-state index in [1.54, 1.807) is 25.4 Å². The zero-order valence-electron chi connectivity index (χ0n) is 21.6. The highest BCUT2D eigenvalue weighted by Gasteiger charge is 2.35. The Morgan fingerprint density at radius 2 is 1.89 bits per heavy atom. The molecular formula is C32H31FN2O3. The first-order valence-electron chi connectivity index (χ1n) is 12.8. The number of hydrogen-bond donors (Lipinski definition) is 1. The molecule has 2 heterocycles. The molecule has 5 rings (SSSR count). The van der Waals surface area contributed by atoms with Crippen LogP contribution in [0.15, 0.2) is 85.1 Å². The van der Waals surface area contributed by atoms with Gasteiger partial charge >= 0.3 is 5.97 Å². The van der Waals surface area contributed by atoms with Gasteiger partial charge in [0.25, 0.3) is 0 Å². The molecule has 3 aromatic carbocycles. The maximum absolute atomic E-state index is 14.5. The fourth-order valence-electron chi connectivity index (χ4n) is 5.40. The molecule has 0 radical (unpaired) electrons. The number of hydrogen-bond acceptors (Lipinski definition) is 4. The summed E-state index contributed by atoms with van der Waals surface area (Å²) in [5, 5.41) is 9.49. The molecule has 0 saturated carbocycles. The maximum Gasteiger partial charge on any atom is 0.305 e. The minimum atomic E-state index is -0.786. The van der Waals surface area contributed by atoms with Gasteiger partial charge in [-0.1, -0.05) is 36.4 Å². The van der Waals surface area contributed by atoms with Crippen LogP contribution < -0.4 is 9.64 Å². The summed E-state index contributed by atoms with van der Waals surface area (Å²) in [4.78, 5) is 18.3. The number of methoxy groups -OCH3 is 1. The molecule has 0 aliphatic carbocycles. The number of pyridine rings is 1. The Labute approximate surface area is 222 Å². The highest BCUT2D eigenvalue weighted by molar-refractivity contribution is 5.69. The average Bonchev–Trinajstić information content (AvgIpc) is 3.34. The number of benzene rings is 3. The number of halogens is 1. The second kappa shape index (κ2) is 11.1. The predicted molar refractivity (Wildman–Crippen MR) is 147 cm³/mol. The molecule has 0 spiro atoms. The van der Waals surface area contributed by atoms with Gasteiger partial charge in [-0.2, -0.15) is 0 Å². The smallest absolute Gasteiger partial charge is 0.305 e. The average molecular weight is 511 g/mol. The number of aromatic nitrogens is 1. The van der Waals surface area contributed by atoms with Crippen LogP contribution in [0.25, 0.3) is 11.1 Å². The van der Waals surface area contributed by atoms with Crippen molar-refractivity contribution in [3.05, 3.63) is 113 Å². The van der Waals surface area contributed by atoms with E-state index < -0.39 is 5.97 Å². The number of nitrogens with zero attached hydrogens (tertiary/aromatic N) is 2. The first-order valence-corrected chi connectivity index (χ1v) is 12.8. The Bertz CT molecular complexity index is 1420.